The standard InChI is InChI=1S/C11H21NO3/c1-8(2)6-9(13)12(7-10(14)15)11(3,4)5/h8H,6-7H2,1-5H3,(H,14,15). The fourth-order valence-electron chi connectivity index (χ4n) is 1.29. The summed E-state index contributed by atoms with van der Waals surface area (Å²) < 4.78 is 0. The zero-order valence-electron chi connectivity index (χ0n) is 10.2. The summed E-state index contributed by atoms with van der Waals surface area (Å²) in [6.07, 6.45) is 0.393. The molecule has 0 spiro atoms. The Hall–Kier alpha value is -1.06. The van der Waals surface area contributed by atoms with Gasteiger partial charge in [0, 0.05) is 12.0 Å². The number of carbonyl (C=O) groups excluding carboxylic acids is 1. The Morgan fingerprint density at radius 2 is 1.73 bits per heavy atom. The quantitative estimate of drug-likeness (QED) is 0.777. The summed E-state index contributed by atoms with van der Waals surface area (Å²) in [6.45, 7) is 9.19. The van der Waals surface area contributed by atoms with Crippen LogP contribution in [0.1, 0.15) is 41.0 Å². The van der Waals surface area contributed by atoms with Crippen molar-refractivity contribution in [2.24, 2.45) is 5.92 Å². The van der Waals surface area contributed by atoms with Gasteiger partial charge >= 0.3 is 5.97 Å². The Kier molecular flexibility index (Phi) is 4.78. The van der Waals surface area contributed by atoms with Crippen molar-refractivity contribution in [3.63, 3.8) is 0 Å². The van der Waals surface area contributed by atoms with Crippen molar-refractivity contribution in [1.29, 1.82) is 0 Å². The number of nitrogens with zero attached hydrogens (tertiary/aromatic N) is 1. The van der Waals surface area contributed by atoms with Crippen LogP contribution in [-0.4, -0.2) is 34.0 Å². The van der Waals surface area contributed by atoms with Crippen molar-refractivity contribution in [3.8, 4) is 0 Å². The lowest BCUT2D eigenvalue weighted by atomic mass is 10.0. The maximum absolute atomic E-state index is 11.8. The second-order valence-corrected chi connectivity index (χ2v) is 5.14. The molecule has 1 N–H and O–H groups in total. The number of carboxylic acids is 1. The van der Waals surface area contributed by atoms with Crippen LogP contribution < -0.4 is 0 Å². The molecule has 0 aromatic carbocycles. The van der Waals surface area contributed by atoms with E-state index in [-0.39, 0.29) is 18.4 Å². The zero-order chi connectivity index (χ0) is 12.2. The average Bonchev–Trinajstić information content (AvgIpc) is 1.95. The molecule has 1 amide bonds. The predicted octanol–water partition coefficient (Wildman–Crippen LogP) is 1.74. The molecule has 0 heterocycles. The van der Waals surface area contributed by atoms with E-state index in [1.54, 1.807) is 0 Å². The molecule has 0 atom stereocenters. The zero-order valence-corrected chi connectivity index (χ0v) is 10.2. The first-order valence-electron chi connectivity index (χ1n) is 5.17. The summed E-state index contributed by atoms with van der Waals surface area (Å²) in [5, 5.41) is 8.74. The first-order chi connectivity index (χ1) is 6.64. The van der Waals surface area contributed by atoms with E-state index in [1.807, 2.05) is 34.6 Å². The van der Waals surface area contributed by atoms with Gasteiger partial charge in [-0.1, -0.05) is 13.8 Å². The van der Waals surface area contributed by atoms with Gasteiger partial charge in [0.1, 0.15) is 6.54 Å². The molecule has 0 aliphatic rings. The predicted molar refractivity (Wildman–Crippen MR) is 58.6 cm³/mol. The van der Waals surface area contributed by atoms with E-state index in [0.29, 0.717) is 6.42 Å². The number of aliphatic carboxylic acids is 1. The molecule has 0 rings (SSSR count). The van der Waals surface area contributed by atoms with Crippen molar-refractivity contribution < 1.29 is 14.7 Å². The maximum atomic E-state index is 11.8. The summed E-state index contributed by atoms with van der Waals surface area (Å²) in [5.74, 6) is -0.821. The van der Waals surface area contributed by atoms with E-state index in [1.165, 1.54) is 4.90 Å². The molecule has 0 saturated carbocycles. The number of hydrogen-bond acceptors (Lipinski definition) is 2. The number of hydrogen-bond donors (Lipinski definition) is 1. The topological polar surface area (TPSA) is 57.6 Å². The normalized spacial score (nSPS) is 11.6. The molecule has 4 nitrogen and oxygen atoms in total. The molecule has 0 aliphatic carbocycles. The average molecular weight is 215 g/mol. The molecule has 0 saturated heterocycles. The summed E-state index contributed by atoms with van der Waals surface area (Å²) in [4.78, 5) is 23.9. The first-order valence-corrected chi connectivity index (χ1v) is 5.17. The van der Waals surface area contributed by atoms with Gasteiger partial charge < -0.3 is 10.0 Å². The highest BCUT2D eigenvalue weighted by Gasteiger charge is 2.28. The molecular formula is C11H21NO3. The smallest absolute Gasteiger partial charge is 0.323 e. The van der Waals surface area contributed by atoms with E-state index >= 15 is 0 Å². The van der Waals surface area contributed by atoms with Crippen molar-refractivity contribution in [2.75, 3.05) is 6.54 Å². The van der Waals surface area contributed by atoms with Crippen LogP contribution in [0.5, 0.6) is 0 Å². The summed E-state index contributed by atoms with van der Waals surface area (Å²) in [6, 6.07) is 0. The molecule has 0 fully saturated rings. The second-order valence-electron chi connectivity index (χ2n) is 5.14. The lowest BCUT2D eigenvalue weighted by molar-refractivity contribution is -0.148. The van der Waals surface area contributed by atoms with E-state index in [0.717, 1.165) is 0 Å². The van der Waals surface area contributed by atoms with Gasteiger partial charge in [0.05, 0.1) is 0 Å². The molecule has 0 unspecified atom stereocenters. The van der Waals surface area contributed by atoms with Gasteiger partial charge in [-0.25, -0.2) is 0 Å². The molecule has 0 aromatic rings. The van der Waals surface area contributed by atoms with Crippen LogP contribution in [0, 0.1) is 5.92 Å². The SMILES string of the molecule is CC(C)CC(=O)N(CC(=O)O)C(C)(C)C. The minimum absolute atomic E-state index is 0.0973. The summed E-state index contributed by atoms with van der Waals surface area (Å²) in [7, 11) is 0. The van der Waals surface area contributed by atoms with Gasteiger partial charge in [0.15, 0.2) is 0 Å². The van der Waals surface area contributed by atoms with Gasteiger partial charge in [0.25, 0.3) is 0 Å². The molecule has 0 radical (unpaired) electrons. The van der Waals surface area contributed by atoms with Gasteiger partial charge in [-0.2, -0.15) is 0 Å². The van der Waals surface area contributed by atoms with Crippen molar-refractivity contribution >= 4 is 11.9 Å². The molecule has 15 heavy (non-hydrogen) atoms. The van der Waals surface area contributed by atoms with E-state index in [4.69, 9.17) is 5.11 Å². The minimum Gasteiger partial charge on any atom is -0.480 e. The Bertz CT molecular complexity index is 241. The number of carboxylic acid groups (broad SMARTS) is 1. The second kappa shape index (κ2) is 5.14. The lowest BCUT2D eigenvalue weighted by Crippen LogP contribution is -2.48. The van der Waals surface area contributed by atoms with Crippen LogP contribution in [0.25, 0.3) is 0 Å². The summed E-state index contributed by atoms with van der Waals surface area (Å²) in [5.41, 5.74) is -0.440. The molecule has 0 aliphatic heterocycles. The number of rotatable bonds is 4. The van der Waals surface area contributed by atoms with Crippen LogP contribution in [0.15, 0.2) is 0 Å². The monoisotopic (exact) mass is 215 g/mol. The van der Waals surface area contributed by atoms with Crippen molar-refractivity contribution in [2.45, 2.75) is 46.6 Å². The van der Waals surface area contributed by atoms with Gasteiger partial charge in [-0.3, -0.25) is 9.59 Å². The molecule has 4 heteroatoms. The van der Waals surface area contributed by atoms with Crippen LogP contribution in [-0.2, 0) is 9.59 Å². The Balaban J connectivity index is 4.64. The highest BCUT2D eigenvalue weighted by atomic mass is 16.4. The number of amides is 1. The Morgan fingerprint density at radius 1 is 1.27 bits per heavy atom. The maximum Gasteiger partial charge on any atom is 0.323 e. The van der Waals surface area contributed by atoms with Gasteiger partial charge in [0.2, 0.25) is 5.91 Å². The first kappa shape index (κ1) is 13.9. The van der Waals surface area contributed by atoms with Crippen LogP contribution in [0.3, 0.4) is 0 Å². The largest absolute Gasteiger partial charge is 0.480 e. The van der Waals surface area contributed by atoms with E-state index < -0.39 is 11.5 Å². The van der Waals surface area contributed by atoms with Crippen molar-refractivity contribution in [3.05, 3.63) is 0 Å². The molecule has 88 valence electrons. The highest BCUT2D eigenvalue weighted by Crippen LogP contribution is 2.16. The summed E-state index contributed by atoms with van der Waals surface area (Å²) >= 11 is 0. The number of carbonyl (C=O) groups is 2. The van der Waals surface area contributed by atoms with Gasteiger partial charge in [-0.15, -0.1) is 0 Å². The van der Waals surface area contributed by atoms with E-state index in [9.17, 15) is 9.59 Å². The van der Waals surface area contributed by atoms with E-state index in [2.05, 4.69) is 0 Å². The van der Waals surface area contributed by atoms with Crippen LogP contribution >= 0.6 is 0 Å². The minimum atomic E-state index is -0.970. The Labute approximate surface area is 91.3 Å². The Morgan fingerprint density at radius 3 is 2.00 bits per heavy atom. The van der Waals surface area contributed by atoms with Gasteiger partial charge in [-0.05, 0) is 26.7 Å². The molecule has 0 bridgehead atoms. The van der Waals surface area contributed by atoms with Crippen LogP contribution in [0.2, 0.25) is 0 Å². The van der Waals surface area contributed by atoms with Crippen molar-refractivity contribution in [1.82, 2.24) is 4.90 Å². The fraction of sp³-hybridized carbons (Fsp3) is 0.818. The highest BCUT2D eigenvalue weighted by molar-refractivity contribution is 5.82. The third kappa shape index (κ3) is 5.40. The molecular weight excluding hydrogens is 194 g/mol. The molecule has 0 aromatic heterocycles. The van der Waals surface area contributed by atoms with Crippen LogP contribution in [0.4, 0.5) is 0 Å². The third-order valence-electron chi connectivity index (χ3n) is 1.99. The fourth-order valence-corrected chi connectivity index (χ4v) is 1.29. The lowest BCUT2D eigenvalue weighted by Gasteiger charge is -2.34. The third-order valence-corrected chi connectivity index (χ3v) is 1.99.